The van der Waals surface area contributed by atoms with Gasteiger partial charge in [0.05, 0.1) is 5.92 Å². The zero-order chi connectivity index (χ0) is 14.4. The fourth-order valence-corrected chi connectivity index (χ4v) is 2.84. The summed E-state index contributed by atoms with van der Waals surface area (Å²) < 4.78 is 0. The maximum Gasteiger partial charge on any atom is 0.310 e. The molecule has 0 aliphatic heterocycles. The van der Waals surface area contributed by atoms with E-state index in [1.54, 1.807) is 6.92 Å². The maximum absolute atomic E-state index is 11.1. The molecule has 102 valence electrons. The van der Waals surface area contributed by atoms with Crippen molar-refractivity contribution in [2.75, 3.05) is 0 Å². The molecule has 0 bridgehead atoms. The lowest BCUT2D eigenvalue weighted by atomic mass is 9.99. The monoisotopic (exact) mass is 287 g/mol. The van der Waals surface area contributed by atoms with Crippen LogP contribution in [0.2, 0.25) is 5.02 Å². The number of carboxylic acids is 1. The number of aliphatic carboxylic acids is 1. The number of rotatable bonds is 2. The van der Waals surface area contributed by atoms with Crippen LogP contribution in [0, 0.1) is 6.92 Å². The summed E-state index contributed by atoms with van der Waals surface area (Å²) in [4.78, 5) is 14.4. The third kappa shape index (κ3) is 1.95. The van der Waals surface area contributed by atoms with Gasteiger partial charge in [-0.15, -0.1) is 0 Å². The SMILES string of the molecule is Cc1cc(Cl)cc2c1[nH]c1cc([C@H](C)C(=O)O)ccc12. The number of hydrogen-bond acceptors (Lipinski definition) is 1. The van der Waals surface area contributed by atoms with Crippen molar-refractivity contribution in [3.05, 3.63) is 46.5 Å². The number of aryl methyl sites for hydroxylation is 1. The average Bonchev–Trinajstić information content (AvgIpc) is 2.76. The van der Waals surface area contributed by atoms with Crippen LogP contribution in [0.15, 0.2) is 30.3 Å². The third-order valence-electron chi connectivity index (χ3n) is 3.76. The van der Waals surface area contributed by atoms with Crippen LogP contribution >= 0.6 is 11.6 Å². The Balaban J connectivity index is 2.29. The summed E-state index contributed by atoms with van der Waals surface area (Å²) in [7, 11) is 0. The molecular formula is C16H14ClNO2. The molecule has 0 radical (unpaired) electrons. The predicted molar refractivity (Wildman–Crippen MR) is 81.6 cm³/mol. The quantitative estimate of drug-likeness (QED) is 0.730. The minimum Gasteiger partial charge on any atom is -0.481 e. The first-order valence-corrected chi connectivity index (χ1v) is 6.79. The van der Waals surface area contributed by atoms with E-state index in [2.05, 4.69) is 4.98 Å². The first kappa shape index (κ1) is 13.0. The molecule has 2 aromatic carbocycles. The lowest BCUT2D eigenvalue weighted by molar-refractivity contribution is -0.138. The molecule has 1 heterocycles. The molecule has 0 saturated heterocycles. The van der Waals surface area contributed by atoms with E-state index in [0.717, 1.165) is 32.9 Å². The van der Waals surface area contributed by atoms with Gasteiger partial charge in [-0.3, -0.25) is 4.79 Å². The van der Waals surface area contributed by atoms with Gasteiger partial charge in [0, 0.05) is 26.8 Å². The van der Waals surface area contributed by atoms with Crippen molar-refractivity contribution in [3.63, 3.8) is 0 Å². The fourth-order valence-electron chi connectivity index (χ4n) is 2.57. The first-order valence-electron chi connectivity index (χ1n) is 6.41. The number of aromatic amines is 1. The van der Waals surface area contributed by atoms with E-state index in [1.807, 2.05) is 37.3 Å². The van der Waals surface area contributed by atoms with Crippen molar-refractivity contribution in [1.82, 2.24) is 4.98 Å². The van der Waals surface area contributed by atoms with E-state index >= 15 is 0 Å². The topological polar surface area (TPSA) is 53.1 Å². The van der Waals surface area contributed by atoms with Gasteiger partial charge in [0.1, 0.15) is 0 Å². The molecule has 1 aromatic heterocycles. The highest BCUT2D eigenvalue weighted by atomic mass is 35.5. The molecule has 0 aliphatic rings. The number of benzene rings is 2. The molecule has 3 rings (SSSR count). The number of fused-ring (bicyclic) bond motifs is 3. The van der Waals surface area contributed by atoms with Crippen molar-refractivity contribution < 1.29 is 9.90 Å². The zero-order valence-corrected chi connectivity index (χ0v) is 12.0. The molecular weight excluding hydrogens is 274 g/mol. The highest BCUT2D eigenvalue weighted by Gasteiger charge is 2.15. The third-order valence-corrected chi connectivity index (χ3v) is 3.98. The number of H-pyrrole nitrogens is 1. The van der Waals surface area contributed by atoms with Crippen LogP contribution in [0.25, 0.3) is 21.8 Å². The fraction of sp³-hybridized carbons (Fsp3) is 0.188. The van der Waals surface area contributed by atoms with Crippen LogP contribution in [0.4, 0.5) is 0 Å². The van der Waals surface area contributed by atoms with Crippen molar-refractivity contribution in [3.8, 4) is 0 Å². The van der Waals surface area contributed by atoms with Gasteiger partial charge in [-0.2, -0.15) is 0 Å². The molecule has 0 spiro atoms. The van der Waals surface area contributed by atoms with Crippen LogP contribution < -0.4 is 0 Å². The minimum atomic E-state index is -0.820. The Labute approximate surface area is 121 Å². The van der Waals surface area contributed by atoms with Crippen LogP contribution in [-0.2, 0) is 4.79 Å². The van der Waals surface area contributed by atoms with E-state index in [0.29, 0.717) is 5.02 Å². The number of aromatic nitrogens is 1. The van der Waals surface area contributed by atoms with Crippen molar-refractivity contribution in [2.45, 2.75) is 19.8 Å². The van der Waals surface area contributed by atoms with Gasteiger partial charge in [0.2, 0.25) is 0 Å². The largest absolute Gasteiger partial charge is 0.481 e. The van der Waals surface area contributed by atoms with Crippen LogP contribution in [0.1, 0.15) is 24.0 Å². The van der Waals surface area contributed by atoms with Crippen molar-refractivity contribution in [1.29, 1.82) is 0 Å². The van der Waals surface area contributed by atoms with Crippen LogP contribution in [0.3, 0.4) is 0 Å². The summed E-state index contributed by atoms with van der Waals surface area (Å²) in [5.74, 6) is -1.34. The first-order chi connectivity index (χ1) is 9.47. The van der Waals surface area contributed by atoms with E-state index in [9.17, 15) is 4.79 Å². The molecule has 1 atom stereocenters. The highest BCUT2D eigenvalue weighted by Crippen LogP contribution is 2.32. The standard InChI is InChI=1S/C16H14ClNO2/c1-8-5-11(17)7-13-12-4-3-10(9(2)16(19)20)6-14(12)18-15(8)13/h3-7,9,18H,1-2H3,(H,19,20)/t9-/m0/s1. The summed E-state index contributed by atoms with van der Waals surface area (Å²) in [5.41, 5.74) is 3.86. The Kier molecular flexibility index (Phi) is 2.94. The van der Waals surface area contributed by atoms with Gasteiger partial charge in [-0.05, 0) is 43.2 Å². The van der Waals surface area contributed by atoms with Gasteiger partial charge in [0.25, 0.3) is 0 Å². The van der Waals surface area contributed by atoms with Crippen molar-refractivity contribution in [2.24, 2.45) is 0 Å². The highest BCUT2D eigenvalue weighted by molar-refractivity contribution is 6.32. The minimum absolute atomic E-state index is 0.518. The molecule has 0 fully saturated rings. The summed E-state index contributed by atoms with van der Waals surface area (Å²) in [6, 6.07) is 9.58. The summed E-state index contributed by atoms with van der Waals surface area (Å²) >= 11 is 6.11. The van der Waals surface area contributed by atoms with Gasteiger partial charge in [0.15, 0.2) is 0 Å². The molecule has 20 heavy (non-hydrogen) atoms. The van der Waals surface area contributed by atoms with Gasteiger partial charge in [-0.25, -0.2) is 0 Å². The lowest BCUT2D eigenvalue weighted by Crippen LogP contribution is -2.06. The van der Waals surface area contributed by atoms with E-state index < -0.39 is 11.9 Å². The molecule has 3 nitrogen and oxygen atoms in total. The summed E-state index contributed by atoms with van der Waals surface area (Å²) in [5, 5.41) is 11.9. The molecule has 0 aliphatic carbocycles. The molecule has 0 saturated carbocycles. The Hall–Kier alpha value is -2.00. The lowest BCUT2D eigenvalue weighted by Gasteiger charge is -2.06. The second-order valence-electron chi connectivity index (χ2n) is 5.14. The van der Waals surface area contributed by atoms with Crippen LogP contribution in [0.5, 0.6) is 0 Å². The maximum atomic E-state index is 11.1. The predicted octanol–water partition coefficient (Wildman–Crippen LogP) is 4.47. The number of hydrogen-bond donors (Lipinski definition) is 2. The second kappa shape index (κ2) is 4.53. The van der Waals surface area contributed by atoms with Crippen LogP contribution in [-0.4, -0.2) is 16.1 Å². The second-order valence-corrected chi connectivity index (χ2v) is 5.57. The van der Waals surface area contributed by atoms with E-state index in [4.69, 9.17) is 16.7 Å². The van der Waals surface area contributed by atoms with Gasteiger partial charge >= 0.3 is 5.97 Å². The Morgan fingerprint density at radius 3 is 2.70 bits per heavy atom. The van der Waals surface area contributed by atoms with Gasteiger partial charge in [-0.1, -0.05) is 23.7 Å². The number of halogens is 1. The Morgan fingerprint density at radius 1 is 1.25 bits per heavy atom. The molecule has 2 N–H and O–H groups in total. The average molecular weight is 288 g/mol. The molecule has 4 heteroatoms. The molecule has 3 aromatic rings. The number of carboxylic acid groups (broad SMARTS) is 1. The summed E-state index contributed by atoms with van der Waals surface area (Å²) in [6.07, 6.45) is 0. The molecule has 0 unspecified atom stereocenters. The van der Waals surface area contributed by atoms with E-state index in [1.165, 1.54) is 0 Å². The zero-order valence-electron chi connectivity index (χ0n) is 11.2. The number of nitrogens with one attached hydrogen (secondary N) is 1. The van der Waals surface area contributed by atoms with Crippen molar-refractivity contribution >= 4 is 39.4 Å². The van der Waals surface area contributed by atoms with Gasteiger partial charge < -0.3 is 10.1 Å². The Morgan fingerprint density at radius 2 is 2.00 bits per heavy atom. The smallest absolute Gasteiger partial charge is 0.310 e. The number of carbonyl (C=O) groups is 1. The summed E-state index contributed by atoms with van der Waals surface area (Å²) in [6.45, 7) is 3.69. The Bertz CT molecular complexity index is 835. The molecule has 0 amide bonds. The van der Waals surface area contributed by atoms with E-state index in [-0.39, 0.29) is 0 Å². The normalized spacial score (nSPS) is 12.9.